The average molecular weight is 444 g/mol. The predicted octanol–water partition coefficient (Wildman–Crippen LogP) is 4.74. The van der Waals surface area contributed by atoms with Crippen LogP contribution in [0.1, 0.15) is 18.5 Å². The maximum Gasteiger partial charge on any atom is 0.418 e. The third-order valence-electron chi connectivity index (χ3n) is 4.68. The Kier molecular flexibility index (Phi) is 5.32. The number of carbonyl (C=O) groups excluding carboxylic acids is 1. The van der Waals surface area contributed by atoms with Crippen molar-refractivity contribution < 1.29 is 18.0 Å². The summed E-state index contributed by atoms with van der Waals surface area (Å²) in [4.78, 5) is 26.7. The average Bonchev–Trinajstić information content (AvgIpc) is 3.19. The van der Waals surface area contributed by atoms with Crippen molar-refractivity contribution in [1.29, 1.82) is 0 Å². The SMILES string of the molecule is C[C@H](C(=O)Nc1ccccc1C(F)(F)F)n1nnc2sc(-c3ccccc3)cc2c1=O. The third kappa shape index (κ3) is 4.06. The minimum Gasteiger partial charge on any atom is -0.324 e. The van der Waals surface area contributed by atoms with Gasteiger partial charge in [-0.3, -0.25) is 9.59 Å². The Morgan fingerprint density at radius 1 is 1.10 bits per heavy atom. The van der Waals surface area contributed by atoms with Crippen LogP contribution in [0.25, 0.3) is 20.7 Å². The first kappa shape index (κ1) is 20.7. The molecule has 2 aromatic carbocycles. The molecule has 6 nitrogen and oxygen atoms in total. The molecule has 158 valence electrons. The van der Waals surface area contributed by atoms with Gasteiger partial charge in [0.25, 0.3) is 5.56 Å². The number of aromatic nitrogens is 3. The van der Waals surface area contributed by atoms with Crippen molar-refractivity contribution in [1.82, 2.24) is 15.0 Å². The van der Waals surface area contributed by atoms with Gasteiger partial charge in [-0.05, 0) is 30.7 Å². The standard InChI is InChI=1S/C21H15F3N4O2S/c1-12(18(29)25-16-10-6-5-9-15(16)21(22,23)24)28-20(30)14-11-17(31-19(14)26-27-28)13-7-3-2-4-8-13/h2-12H,1H3,(H,25,29)/t12-/m1/s1. The molecule has 0 unspecified atom stereocenters. The number of hydrogen-bond donors (Lipinski definition) is 1. The summed E-state index contributed by atoms with van der Waals surface area (Å²) in [5, 5.41) is 10.4. The Hall–Kier alpha value is -3.53. The van der Waals surface area contributed by atoms with E-state index in [9.17, 15) is 22.8 Å². The van der Waals surface area contributed by atoms with Crippen LogP contribution in [0, 0.1) is 0 Å². The molecule has 0 aliphatic rings. The van der Waals surface area contributed by atoms with E-state index in [4.69, 9.17) is 0 Å². The largest absolute Gasteiger partial charge is 0.418 e. The number of thiophene rings is 1. The summed E-state index contributed by atoms with van der Waals surface area (Å²) >= 11 is 1.29. The minimum absolute atomic E-state index is 0.286. The lowest BCUT2D eigenvalue weighted by molar-refractivity contribution is -0.137. The molecule has 10 heteroatoms. The van der Waals surface area contributed by atoms with Crippen molar-refractivity contribution in [3.8, 4) is 10.4 Å². The number of fused-ring (bicyclic) bond motifs is 1. The second-order valence-corrected chi connectivity index (χ2v) is 7.77. The zero-order valence-electron chi connectivity index (χ0n) is 16.1. The summed E-state index contributed by atoms with van der Waals surface area (Å²) in [5.74, 6) is -0.814. The Bertz CT molecular complexity index is 1320. The van der Waals surface area contributed by atoms with Gasteiger partial charge in [-0.15, -0.1) is 16.4 Å². The lowest BCUT2D eigenvalue weighted by Gasteiger charge is -2.16. The molecule has 4 rings (SSSR count). The van der Waals surface area contributed by atoms with Gasteiger partial charge in [-0.25, -0.2) is 0 Å². The van der Waals surface area contributed by atoms with Gasteiger partial charge >= 0.3 is 6.18 Å². The van der Waals surface area contributed by atoms with Gasteiger partial charge in [-0.2, -0.15) is 17.9 Å². The summed E-state index contributed by atoms with van der Waals surface area (Å²) in [6.07, 6.45) is -4.63. The van der Waals surface area contributed by atoms with E-state index in [1.807, 2.05) is 30.3 Å². The molecular weight excluding hydrogens is 429 g/mol. The normalized spacial score (nSPS) is 12.6. The van der Waals surface area contributed by atoms with Crippen molar-refractivity contribution in [2.24, 2.45) is 0 Å². The number of nitrogens with one attached hydrogen (secondary N) is 1. The van der Waals surface area contributed by atoms with Gasteiger partial charge in [0.2, 0.25) is 5.91 Å². The molecule has 0 bridgehead atoms. The number of amides is 1. The van der Waals surface area contributed by atoms with Gasteiger partial charge in [-0.1, -0.05) is 47.7 Å². The summed E-state index contributed by atoms with van der Waals surface area (Å²) in [5.41, 5.74) is -1.01. The lowest BCUT2D eigenvalue weighted by Crippen LogP contribution is -2.34. The Morgan fingerprint density at radius 2 is 1.77 bits per heavy atom. The zero-order chi connectivity index (χ0) is 22.2. The molecule has 2 aromatic heterocycles. The van der Waals surface area contributed by atoms with E-state index in [0.717, 1.165) is 27.3 Å². The monoisotopic (exact) mass is 444 g/mol. The highest BCUT2D eigenvalue weighted by atomic mass is 32.1. The van der Waals surface area contributed by atoms with Crippen LogP contribution >= 0.6 is 11.3 Å². The van der Waals surface area contributed by atoms with Crippen molar-refractivity contribution >= 4 is 33.1 Å². The topological polar surface area (TPSA) is 76.9 Å². The van der Waals surface area contributed by atoms with Gasteiger partial charge in [0.1, 0.15) is 6.04 Å². The van der Waals surface area contributed by atoms with E-state index < -0.39 is 34.9 Å². The summed E-state index contributed by atoms with van der Waals surface area (Å²) < 4.78 is 40.4. The smallest absolute Gasteiger partial charge is 0.324 e. The van der Waals surface area contributed by atoms with E-state index in [1.165, 1.54) is 30.4 Å². The van der Waals surface area contributed by atoms with Gasteiger partial charge in [0.05, 0.1) is 16.6 Å². The van der Waals surface area contributed by atoms with Crippen molar-refractivity contribution in [2.75, 3.05) is 5.32 Å². The fourth-order valence-electron chi connectivity index (χ4n) is 3.05. The molecule has 0 saturated heterocycles. The van der Waals surface area contributed by atoms with Crippen LogP contribution in [0.3, 0.4) is 0 Å². The first-order valence-electron chi connectivity index (χ1n) is 9.17. The number of carbonyl (C=O) groups is 1. The fraction of sp³-hybridized carbons (Fsp3) is 0.143. The van der Waals surface area contributed by atoms with Gasteiger partial charge in [0.15, 0.2) is 4.83 Å². The number of alkyl halides is 3. The van der Waals surface area contributed by atoms with Crippen molar-refractivity contribution in [3.63, 3.8) is 0 Å². The van der Waals surface area contributed by atoms with Crippen LogP contribution in [-0.4, -0.2) is 20.9 Å². The number of anilines is 1. The highest BCUT2D eigenvalue weighted by Crippen LogP contribution is 2.35. The number of rotatable bonds is 4. The van der Waals surface area contributed by atoms with E-state index >= 15 is 0 Å². The van der Waals surface area contributed by atoms with Crippen molar-refractivity contribution in [3.05, 3.63) is 76.6 Å². The first-order valence-corrected chi connectivity index (χ1v) is 9.99. The highest BCUT2D eigenvalue weighted by molar-refractivity contribution is 7.21. The molecule has 1 atom stereocenters. The molecule has 0 saturated carbocycles. The van der Waals surface area contributed by atoms with Crippen LogP contribution in [0.15, 0.2) is 65.5 Å². The molecule has 0 radical (unpaired) electrons. The molecule has 0 spiro atoms. The molecular formula is C21H15F3N4O2S. The van der Waals surface area contributed by atoms with Crippen LogP contribution in [0.4, 0.5) is 18.9 Å². The third-order valence-corrected chi connectivity index (χ3v) is 5.75. The Balaban J connectivity index is 1.65. The number of benzene rings is 2. The molecule has 31 heavy (non-hydrogen) atoms. The van der Waals surface area contributed by atoms with E-state index in [-0.39, 0.29) is 5.39 Å². The number of halogens is 3. The summed E-state index contributed by atoms with van der Waals surface area (Å²) in [6.45, 7) is 1.37. The van der Waals surface area contributed by atoms with Gasteiger partial charge < -0.3 is 5.32 Å². The molecule has 0 aliphatic heterocycles. The minimum atomic E-state index is -4.63. The number of hydrogen-bond acceptors (Lipinski definition) is 5. The number of nitrogens with zero attached hydrogens (tertiary/aromatic N) is 3. The van der Waals surface area contributed by atoms with Crippen LogP contribution < -0.4 is 10.9 Å². The molecule has 1 N–H and O–H groups in total. The molecule has 1 amide bonds. The van der Waals surface area contributed by atoms with E-state index in [0.29, 0.717) is 4.83 Å². The Labute approximate surface area is 178 Å². The van der Waals surface area contributed by atoms with Crippen LogP contribution in [0.2, 0.25) is 0 Å². The maximum absolute atomic E-state index is 13.2. The quantitative estimate of drug-likeness (QED) is 0.493. The molecule has 2 heterocycles. The van der Waals surface area contributed by atoms with Crippen LogP contribution in [0.5, 0.6) is 0 Å². The first-order chi connectivity index (χ1) is 14.8. The van der Waals surface area contributed by atoms with E-state index in [1.54, 1.807) is 6.07 Å². The highest BCUT2D eigenvalue weighted by Gasteiger charge is 2.34. The summed E-state index contributed by atoms with van der Waals surface area (Å²) in [6, 6.07) is 14.5. The lowest BCUT2D eigenvalue weighted by atomic mass is 10.1. The molecule has 0 fully saturated rings. The Morgan fingerprint density at radius 3 is 2.48 bits per heavy atom. The zero-order valence-corrected chi connectivity index (χ0v) is 16.9. The second-order valence-electron chi connectivity index (χ2n) is 6.74. The summed E-state index contributed by atoms with van der Waals surface area (Å²) in [7, 11) is 0. The predicted molar refractivity (Wildman–Crippen MR) is 112 cm³/mol. The molecule has 4 aromatic rings. The second kappa shape index (κ2) is 7.95. The van der Waals surface area contributed by atoms with Gasteiger partial charge in [0, 0.05) is 4.88 Å². The van der Waals surface area contributed by atoms with Crippen LogP contribution in [-0.2, 0) is 11.0 Å². The van der Waals surface area contributed by atoms with Crippen molar-refractivity contribution in [2.45, 2.75) is 19.1 Å². The fourth-order valence-corrected chi connectivity index (χ4v) is 4.02. The number of para-hydroxylation sites is 1. The molecule has 0 aliphatic carbocycles. The van der Waals surface area contributed by atoms with E-state index in [2.05, 4.69) is 15.6 Å². The maximum atomic E-state index is 13.2.